The van der Waals surface area contributed by atoms with Gasteiger partial charge in [0.2, 0.25) is 0 Å². The molecular formula is C20H17ClN4O2. The summed E-state index contributed by atoms with van der Waals surface area (Å²) in [5.74, 6) is 0.0363. The molecular weight excluding hydrogens is 364 g/mol. The summed E-state index contributed by atoms with van der Waals surface area (Å²) in [6.45, 7) is 0.592. The molecule has 0 aliphatic carbocycles. The van der Waals surface area contributed by atoms with Crippen LogP contribution in [0.4, 0.5) is 0 Å². The van der Waals surface area contributed by atoms with Gasteiger partial charge in [-0.2, -0.15) is 0 Å². The predicted octanol–water partition coefficient (Wildman–Crippen LogP) is 2.96. The van der Waals surface area contributed by atoms with Crippen LogP contribution in [0.25, 0.3) is 11.4 Å². The Hall–Kier alpha value is -3.25. The van der Waals surface area contributed by atoms with E-state index in [9.17, 15) is 9.59 Å². The lowest BCUT2D eigenvalue weighted by Crippen LogP contribution is -2.34. The van der Waals surface area contributed by atoms with Gasteiger partial charge in [-0.15, -0.1) is 0 Å². The van der Waals surface area contributed by atoms with E-state index in [0.29, 0.717) is 35.1 Å². The molecule has 0 bridgehead atoms. The van der Waals surface area contributed by atoms with Crippen molar-refractivity contribution in [1.29, 1.82) is 0 Å². The third-order valence-electron chi connectivity index (χ3n) is 3.75. The Labute approximate surface area is 161 Å². The molecule has 0 radical (unpaired) electrons. The van der Waals surface area contributed by atoms with Gasteiger partial charge >= 0.3 is 0 Å². The lowest BCUT2D eigenvalue weighted by atomic mass is 10.2. The summed E-state index contributed by atoms with van der Waals surface area (Å²) < 4.78 is 0. The van der Waals surface area contributed by atoms with Gasteiger partial charge in [0.05, 0.1) is 5.56 Å². The third kappa shape index (κ3) is 5.12. The minimum atomic E-state index is -0.296. The highest BCUT2D eigenvalue weighted by Crippen LogP contribution is 2.13. The average molecular weight is 381 g/mol. The second-order valence-corrected chi connectivity index (χ2v) is 6.12. The zero-order chi connectivity index (χ0) is 19.1. The van der Waals surface area contributed by atoms with Crippen LogP contribution in [0.1, 0.15) is 20.7 Å². The van der Waals surface area contributed by atoms with Crippen LogP contribution in [0, 0.1) is 0 Å². The van der Waals surface area contributed by atoms with Crippen LogP contribution in [0.15, 0.2) is 67.0 Å². The van der Waals surface area contributed by atoms with Gasteiger partial charge < -0.3 is 10.6 Å². The normalized spacial score (nSPS) is 10.3. The lowest BCUT2D eigenvalue weighted by molar-refractivity contribution is 0.0927. The van der Waals surface area contributed by atoms with Crippen molar-refractivity contribution in [3.63, 3.8) is 0 Å². The fourth-order valence-corrected chi connectivity index (χ4v) is 2.47. The maximum absolute atomic E-state index is 12.1. The second kappa shape index (κ2) is 8.91. The standard InChI is InChI=1S/C20H17ClN4O2/c21-17-8-6-15(7-9-17)19(26)22-10-11-23-20(27)16-12-24-18(25-13-16)14-4-2-1-3-5-14/h1-9,12-13H,10-11H2,(H,22,26)(H,23,27). The van der Waals surface area contributed by atoms with Crippen LogP contribution >= 0.6 is 11.6 Å². The Bertz CT molecular complexity index is 913. The van der Waals surface area contributed by atoms with Gasteiger partial charge in [0.1, 0.15) is 0 Å². The molecule has 27 heavy (non-hydrogen) atoms. The van der Waals surface area contributed by atoms with Crippen molar-refractivity contribution in [2.24, 2.45) is 0 Å². The first kappa shape index (κ1) is 18.5. The molecule has 1 aromatic heterocycles. The van der Waals surface area contributed by atoms with Crippen LogP contribution in [-0.2, 0) is 0 Å². The lowest BCUT2D eigenvalue weighted by Gasteiger charge is -2.07. The predicted molar refractivity (Wildman–Crippen MR) is 104 cm³/mol. The van der Waals surface area contributed by atoms with Crippen molar-refractivity contribution >= 4 is 23.4 Å². The van der Waals surface area contributed by atoms with Crippen LogP contribution in [-0.4, -0.2) is 34.9 Å². The van der Waals surface area contributed by atoms with E-state index in [4.69, 9.17) is 11.6 Å². The van der Waals surface area contributed by atoms with Crippen LogP contribution < -0.4 is 10.6 Å². The highest BCUT2D eigenvalue weighted by atomic mass is 35.5. The van der Waals surface area contributed by atoms with E-state index >= 15 is 0 Å². The molecule has 2 amide bonds. The summed E-state index contributed by atoms with van der Waals surface area (Å²) in [5.41, 5.74) is 1.75. The minimum Gasteiger partial charge on any atom is -0.350 e. The van der Waals surface area contributed by atoms with Gasteiger partial charge in [-0.05, 0) is 24.3 Å². The summed E-state index contributed by atoms with van der Waals surface area (Å²) in [4.78, 5) is 32.5. The molecule has 3 rings (SSSR count). The molecule has 3 aromatic rings. The summed E-state index contributed by atoms with van der Waals surface area (Å²) >= 11 is 5.79. The molecule has 0 saturated carbocycles. The van der Waals surface area contributed by atoms with Gasteiger partial charge in [0.15, 0.2) is 5.82 Å². The van der Waals surface area contributed by atoms with Crippen molar-refractivity contribution in [2.75, 3.05) is 13.1 Å². The molecule has 0 unspecified atom stereocenters. The van der Waals surface area contributed by atoms with Gasteiger partial charge in [0.25, 0.3) is 11.8 Å². The average Bonchev–Trinajstić information content (AvgIpc) is 2.72. The van der Waals surface area contributed by atoms with Crippen molar-refractivity contribution in [3.05, 3.63) is 83.1 Å². The number of benzene rings is 2. The zero-order valence-electron chi connectivity index (χ0n) is 14.4. The third-order valence-corrected chi connectivity index (χ3v) is 4.00. The quantitative estimate of drug-likeness (QED) is 0.644. The number of nitrogens with one attached hydrogen (secondary N) is 2. The molecule has 0 fully saturated rings. The zero-order valence-corrected chi connectivity index (χ0v) is 15.1. The van der Waals surface area contributed by atoms with Gasteiger partial charge in [0, 0.05) is 41.6 Å². The van der Waals surface area contributed by atoms with Crippen LogP contribution in [0.2, 0.25) is 5.02 Å². The molecule has 0 aliphatic heterocycles. The van der Waals surface area contributed by atoms with E-state index in [-0.39, 0.29) is 11.8 Å². The summed E-state index contributed by atoms with van der Waals surface area (Å²) in [7, 11) is 0. The monoisotopic (exact) mass is 380 g/mol. The summed E-state index contributed by atoms with van der Waals surface area (Å²) in [6.07, 6.45) is 2.97. The molecule has 0 atom stereocenters. The van der Waals surface area contributed by atoms with E-state index in [0.717, 1.165) is 5.56 Å². The maximum Gasteiger partial charge on any atom is 0.254 e. The summed E-state index contributed by atoms with van der Waals surface area (Å²) in [6, 6.07) is 16.1. The van der Waals surface area contributed by atoms with Crippen molar-refractivity contribution in [1.82, 2.24) is 20.6 Å². The van der Waals surface area contributed by atoms with Gasteiger partial charge in [-0.1, -0.05) is 41.9 Å². The molecule has 6 nitrogen and oxygen atoms in total. The molecule has 2 aromatic carbocycles. The number of nitrogens with zero attached hydrogens (tertiary/aromatic N) is 2. The molecule has 7 heteroatoms. The highest BCUT2D eigenvalue weighted by molar-refractivity contribution is 6.30. The number of hydrogen-bond acceptors (Lipinski definition) is 4. The number of carbonyl (C=O) groups is 2. The maximum atomic E-state index is 12.1. The van der Waals surface area contributed by atoms with Crippen molar-refractivity contribution in [2.45, 2.75) is 0 Å². The fraction of sp³-hybridized carbons (Fsp3) is 0.100. The Kier molecular flexibility index (Phi) is 6.12. The first-order valence-electron chi connectivity index (χ1n) is 8.33. The Morgan fingerprint density at radius 1 is 0.778 bits per heavy atom. The molecule has 1 heterocycles. The second-order valence-electron chi connectivity index (χ2n) is 5.68. The topological polar surface area (TPSA) is 84.0 Å². The largest absolute Gasteiger partial charge is 0.350 e. The van der Waals surface area contributed by atoms with E-state index in [1.54, 1.807) is 24.3 Å². The van der Waals surface area contributed by atoms with E-state index in [1.807, 2.05) is 30.3 Å². The molecule has 2 N–H and O–H groups in total. The van der Waals surface area contributed by atoms with E-state index in [1.165, 1.54) is 12.4 Å². The van der Waals surface area contributed by atoms with Crippen LogP contribution in [0.3, 0.4) is 0 Å². The Balaban J connectivity index is 1.46. The number of aromatic nitrogens is 2. The SMILES string of the molecule is O=C(NCCNC(=O)c1cnc(-c2ccccc2)nc1)c1ccc(Cl)cc1. The molecule has 0 aliphatic rings. The fourth-order valence-electron chi connectivity index (χ4n) is 2.34. The smallest absolute Gasteiger partial charge is 0.254 e. The molecule has 136 valence electrons. The first-order valence-corrected chi connectivity index (χ1v) is 8.71. The van der Waals surface area contributed by atoms with E-state index in [2.05, 4.69) is 20.6 Å². The Morgan fingerprint density at radius 2 is 1.33 bits per heavy atom. The highest BCUT2D eigenvalue weighted by Gasteiger charge is 2.08. The molecule has 0 saturated heterocycles. The number of amides is 2. The van der Waals surface area contributed by atoms with Crippen molar-refractivity contribution in [3.8, 4) is 11.4 Å². The first-order chi connectivity index (χ1) is 13.1. The number of hydrogen-bond donors (Lipinski definition) is 2. The number of rotatable bonds is 6. The number of halogens is 1. The van der Waals surface area contributed by atoms with E-state index < -0.39 is 0 Å². The Morgan fingerprint density at radius 3 is 1.93 bits per heavy atom. The minimum absolute atomic E-state index is 0.225. The van der Waals surface area contributed by atoms with Crippen LogP contribution in [0.5, 0.6) is 0 Å². The summed E-state index contributed by atoms with van der Waals surface area (Å²) in [5, 5.41) is 6.02. The van der Waals surface area contributed by atoms with Gasteiger partial charge in [-0.3, -0.25) is 9.59 Å². The number of carbonyl (C=O) groups excluding carboxylic acids is 2. The van der Waals surface area contributed by atoms with Crippen molar-refractivity contribution < 1.29 is 9.59 Å². The van der Waals surface area contributed by atoms with Gasteiger partial charge in [-0.25, -0.2) is 9.97 Å². The molecule has 0 spiro atoms.